The molecule has 1 heterocycles. The number of pyridine rings is 1. The quantitative estimate of drug-likeness (QED) is 0.585. The lowest BCUT2D eigenvalue weighted by molar-refractivity contribution is -0.140. The molecule has 0 unspecified atom stereocenters. The minimum atomic E-state index is -4.87. The summed E-state index contributed by atoms with van der Waals surface area (Å²) < 4.78 is 54.0. The second-order valence-corrected chi connectivity index (χ2v) is 2.77. The fourth-order valence-electron chi connectivity index (χ4n) is 0.973. The van der Waals surface area contributed by atoms with Gasteiger partial charge in [0.15, 0.2) is 5.82 Å². The average Bonchev–Trinajstić information content (AvgIpc) is 2.16. The monoisotopic (exact) mass is 237 g/mol. The van der Waals surface area contributed by atoms with E-state index in [0.717, 1.165) is 0 Å². The van der Waals surface area contributed by atoms with E-state index in [4.69, 9.17) is 0 Å². The first-order valence-corrected chi connectivity index (χ1v) is 4.26. The first kappa shape index (κ1) is 12.4. The SMILES string of the molecule is CCOC(=O)c1cc(C(F)(F)F)c(F)cn1. The molecular formula is C9H7F4NO2. The zero-order chi connectivity index (χ0) is 12.3. The number of halogens is 4. The molecule has 0 amide bonds. The van der Waals surface area contributed by atoms with Gasteiger partial charge >= 0.3 is 12.1 Å². The molecule has 0 bridgehead atoms. The Balaban J connectivity index is 3.13. The second kappa shape index (κ2) is 4.46. The number of hydrogen-bond donors (Lipinski definition) is 0. The topological polar surface area (TPSA) is 39.2 Å². The molecule has 0 atom stereocenters. The number of aromatic nitrogens is 1. The van der Waals surface area contributed by atoms with Crippen LogP contribution < -0.4 is 0 Å². The van der Waals surface area contributed by atoms with Gasteiger partial charge < -0.3 is 4.74 Å². The van der Waals surface area contributed by atoms with Gasteiger partial charge in [-0.05, 0) is 13.0 Å². The third kappa shape index (κ3) is 2.68. The van der Waals surface area contributed by atoms with Gasteiger partial charge in [-0.2, -0.15) is 13.2 Å². The molecule has 0 aliphatic heterocycles. The molecule has 1 aromatic heterocycles. The van der Waals surface area contributed by atoms with E-state index in [1.807, 2.05) is 0 Å². The van der Waals surface area contributed by atoms with Gasteiger partial charge in [0.1, 0.15) is 5.69 Å². The van der Waals surface area contributed by atoms with Crippen molar-refractivity contribution in [2.24, 2.45) is 0 Å². The van der Waals surface area contributed by atoms with Crippen molar-refractivity contribution in [3.8, 4) is 0 Å². The van der Waals surface area contributed by atoms with E-state index in [1.54, 1.807) is 0 Å². The van der Waals surface area contributed by atoms with E-state index in [9.17, 15) is 22.4 Å². The van der Waals surface area contributed by atoms with Crippen molar-refractivity contribution >= 4 is 5.97 Å². The number of nitrogens with zero attached hydrogens (tertiary/aromatic N) is 1. The highest BCUT2D eigenvalue weighted by Crippen LogP contribution is 2.31. The molecule has 1 aromatic rings. The van der Waals surface area contributed by atoms with Gasteiger partial charge in [-0.15, -0.1) is 0 Å². The predicted molar refractivity (Wildman–Crippen MR) is 45.2 cm³/mol. The molecule has 16 heavy (non-hydrogen) atoms. The Morgan fingerprint density at radius 3 is 2.62 bits per heavy atom. The van der Waals surface area contributed by atoms with E-state index in [-0.39, 0.29) is 6.61 Å². The van der Waals surface area contributed by atoms with E-state index in [2.05, 4.69) is 9.72 Å². The molecule has 0 aliphatic carbocycles. The molecule has 0 aromatic carbocycles. The van der Waals surface area contributed by atoms with Crippen LogP contribution in [0.1, 0.15) is 23.0 Å². The van der Waals surface area contributed by atoms with Crippen molar-refractivity contribution in [1.29, 1.82) is 0 Å². The Bertz CT molecular complexity index is 403. The van der Waals surface area contributed by atoms with Crippen LogP contribution in [0.2, 0.25) is 0 Å². The molecule has 0 saturated heterocycles. The van der Waals surface area contributed by atoms with Crippen molar-refractivity contribution in [2.75, 3.05) is 6.61 Å². The van der Waals surface area contributed by atoms with Crippen molar-refractivity contribution in [3.05, 3.63) is 29.3 Å². The van der Waals surface area contributed by atoms with Crippen molar-refractivity contribution in [2.45, 2.75) is 13.1 Å². The zero-order valence-electron chi connectivity index (χ0n) is 8.14. The van der Waals surface area contributed by atoms with Gasteiger partial charge in [0.2, 0.25) is 0 Å². The number of esters is 1. The van der Waals surface area contributed by atoms with Crippen LogP contribution in [0.5, 0.6) is 0 Å². The lowest BCUT2D eigenvalue weighted by atomic mass is 10.2. The molecule has 7 heteroatoms. The number of ether oxygens (including phenoxy) is 1. The first-order valence-electron chi connectivity index (χ1n) is 4.26. The fourth-order valence-corrected chi connectivity index (χ4v) is 0.973. The molecule has 0 aliphatic rings. The number of carbonyl (C=O) groups is 1. The molecule has 3 nitrogen and oxygen atoms in total. The number of rotatable bonds is 2. The van der Waals surface area contributed by atoms with Gasteiger partial charge in [0.25, 0.3) is 0 Å². The Hall–Kier alpha value is -1.66. The van der Waals surface area contributed by atoms with E-state index < -0.39 is 29.2 Å². The fraction of sp³-hybridized carbons (Fsp3) is 0.333. The van der Waals surface area contributed by atoms with Gasteiger partial charge in [0, 0.05) is 0 Å². The Morgan fingerprint density at radius 1 is 1.50 bits per heavy atom. The number of carbonyl (C=O) groups excluding carboxylic acids is 1. The third-order valence-corrected chi connectivity index (χ3v) is 1.65. The first-order chi connectivity index (χ1) is 7.36. The van der Waals surface area contributed by atoms with Gasteiger partial charge in [-0.3, -0.25) is 0 Å². The summed E-state index contributed by atoms with van der Waals surface area (Å²) in [5.41, 5.74) is -2.11. The highest BCUT2D eigenvalue weighted by molar-refractivity contribution is 5.87. The molecule has 0 spiro atoms. The van der Waals surface area contributed by atoms with Gasteiger partial charge in [0.05, 0.1) is 18.4 Å². The lowest BCUT2D eigenvalue weighted by Gasteiger charge is -2.08. The Morgan fingerprint density at radius 2 is 2.12 bits per heavy atom. The van der Waals surface area contributed by atoms with Crippen LogP contribution in [0.4, 0.5) is 17.6 Å². The van der Waals surface area contributed by atoms with E-state index >= 15 is 0 Å². The van der Waals surface area contributed by atoms with E-state index in [1.165, 1.54) is 6.92 Å². The molecule has 88 valence electrons. The predicted octanol–water partition coefficient (Wildman–Crippen LogP) is 2.42. The molecule has 0 radical (unpaired) electrons. The molecule has 0 saturated carbocycles. The summed E-state index contributed by atoms with van der Waals surface area (Å²) >= 11 is 0. The van der Waals surface area contributed by atoms with Crippen molar-refractivity contribution < 1.29 is 27.1 Å². The summed E-state index contributed by atoms with van der Waals surface area (Å²) in [6, 6.07) is 0.327. The summed E-state index contributed by atoms with van der Waals surface area (Å²) in [6.07, 6.45) is -4.52. The van der Waals surface area contributed by atoms with Gasteiger partial charge in [-0.25, -0.2) is 14.2 Å². The standard InChI is InChI=1S/C9H7F4NO2/c1-2-16-8(15)7-3-5(9(11,12)13)6(10)4-14-7/h3-4H,2H2,1H3. The van der Waals surface area contributed by atoms with Crippen LogP contribution in [0.3, 0.4) is 0 Å². The van der Waals surface area contributed by atoms with Crippen LogP contribution in [-0.4, -0.2) is 17.6 Å². The Kier molecular flexibility index (Phi) is 3.46. The van der Waals surface area contributed by atoms with E-state index in [0.29, 0.717) is 12.3 Å². The van der Waals surface area contributed by atoms with Crippen molar-refractivity contribution in [3.63, 3.8) is 0 Å². The van der Waals surface area contributed by atoms with Crippen LogP contribution in [0, 0.1) is 5.82 Å². The largest absolute Gasteiger partial charge is 0.461 e. The van der Waals surface area contributed by atoms with Crippen LogP contribution in [0.25, 0.3) is 0 Å². The minimum Gasteiger partial charge on any atom is -0.461 e. The highest BCUT2D eigenvalue weighted by atomic mass is 19.4. The number of hydrogen-bond acceptors (Lipinski definition) is 3. The summed E-state index contributed by atoms with van der Waals surface area (Å²) in [7, 11) is 0. The average molecular weight is 237 g/mol. The lowest BCUT2D eigenvalue weighted by Crippen LogP contribution is -2.13. The minimum absolute atomic E-state index is 0.000753. The summed E-state index contributed by atoms with van der Waals surface area (Å²) in [6.45, 7) is 1.49. The summed E-state index contributed by atoms with van der Waals surface area (Å²) in [5.74, 6) is -2.55. The molecule has 0 N–H and O–H groups in total. The zero-order valence-corrected chi connectivity index (χ0v) is 8.14. The summed E-state index contributed by atoms with van der Waals surface area (Å²) in [5, 5.41) is 0. The van der Waals surface area contributed by atoms with Crippen LogP contribution in [0.15, 0.2) is 12.3 Å². The number of alkyl halides is 3. The third-order valence-electron chi connectivity index (χ3n) is 1.65. The van der Waals surface area contributed by atoms with Gasteiger partial charge in [-0.1, -0.05) is 0 Å². The maximum atomic E-state index is 12.8. The van der Waals surface area contributed by atoms with Crippen LogP contribution >= 0.6 is 0 Å². The second-order valence-electron chi connectivity index (χ2n) is 2.77. The molecule has 1 rings (SSSR count). The summed E-state index contributed by atoms with van der Waals surface area (Å²) in [4.78, 5) is 14.3. The Labute approximate surface area is 88.0 Å². The molecule has 0 fully saturated rings. The maximum absolute atomic E-state index is 12.8. The highest BCUT2D eigenvalue weighted by Gasteiger charge is 2.35. The smallest absolute Gasteiger partial charge is 0.419 e. The van der Waals surface area contributed by atoms with Crippen molar-refractivity contribution in [1.82, 2.24) is 4.98 Å². The normalized spacial score (nSPS) is 11.3. The maximum Gasteiger partial charge on any atom is 0.419 e. The van der Waals surface area contributed by atoms with Crippen LogP contribution in [-0.2, 0) is 10.9 Å². The molecular weight excluding hydrogens is 230 g/mol.